The Labute approximate surface area is 101 Å². The van der Waals surface area contributed by atoms with E-state index in [-0.39, 0.29) is 22.7 Å². The first-order valence-electron chi connectivity index (χ1n) is 4.99. The molecule has 0 aliphatic carbocycles. The van der Waals surface area contributed by atoms with Gasteiger partial charge in [0.25, 0.3) is 5.56 Å². The molecule has 2 aliphatic heterocycles. The molecule has 94 valence electrons. The van der Waals surface area contributed by atoms with Gasteiger partial charge < -0.3 is 4.74 Å². The quantitative estimate of drug-likeness (QED) is 0.702. The zero-order valence-electron chi connectivity index (χ0n) is 9.68. The van der Waals surface area contributed by atoms with Gasteiger partial charge in [0.15, 0.2) is 0 Å². The van der Waals surface area contributed by atoms with Crippen molar-refractivity contribution in [2.24, 2.45) is 0 Å². The number of ether oxygens (including phenoxy) is 1. The fourth-order valence-electron chi connectivity index (χ4n) is 1.54. The molecule has 8 heteroatoms. The smallest absolute Gasteiger partial charge is 0.341 e. The Morgan fingerprint density at radius 3 is 2.78 bits per heavy atom. The van der Waals surface area contributed by atoms with Gasteiger partial charge in [-0.2, -0.15) is 5.10 Å². The monoisotopic (exact) mass is 250 g/mol. The molecule has 8 nitrogen and oxygen atoms in total. The maximum atomic E-state index is 11.6. The summed E-state index contributed by atoms with van der Waals surface area (Å²) in [7, 11) is 1.22. The summed E-state index contributed by atoms with van der Waals surface area (Å²) in [6.45, 7) is 1.31. The predicted molar refractivity (Wildman–Crippen MR) is 60.9 cm³/mol. The molecule has 0 saturated carbocycles. The van der Waals surface area contributed by atoms with E-state index in [0.29, 0.717) is 0 Å². The van der Waals surface area contributed by atoms with E-state index in [0.717, 1.165) is 0 Å². The van der Waals surface area contributed by atoms with E-state index < -0.39 is 11.5 Å². The Morgan fingerprint density at radius 2 is 2.17 bits per heavy atom. The van der Waals surface area contributed by atoms with Crippen molar-refractivity contribution < 1.29 is 14.3 Å². The highest BCUT2D eigenvalue weighted by molar-refractivity contribution is 5.96. The number of rotatable bonds is 2. The Morgan fingerprint density at radius 1 is 1.44 bits per heavy atom. The second-order valence-electron chi connectivity index (χ2n) is 3.55. The second-order valence-corrected chi connectivity index (χ2v) is 3.55. The van der Waals surface area contributed by atoms with Gasteiger partial charge in [-0.3, -0.25) is 19.7 Å². The van der Waals surface area contributed by atoms with Gasteiger partial charge in [0.1, 0.15) is 11.3 Å². The lowest BCUT2D eigenvalue weighted by molar-refractivity contribution is -0.115. The number of carbonyl (C=O) groups is 2. The maximum Gasteiger partial charge on any atom is 0.341 e. The Kier molecular flexibility index (Phi) is 2.84. The fourth-order valence-corrected chi connectivity index (χ4v) is 1.54. The van der Waals surface area contributed by atoms with Crippen molar-refractivity contribution in [2.75, 3.05) is 12.5 Å². The van der Waals surface area contributed by atoms with E-state index in [1.165, 1.54) is 31.1 Å². The third-order valence-corrected chi connectivity index (χ3v) is 2.25. The summed E-state index contributed by atoms with van der Waals surface area (Å²) in [5, 5.41) is 5.98. The molecule has 2 heterocycles. The summed E-state index contributed by atoms with van der Waals surface area (Å²) in [5.74, 6) is -0.989. The number of nitrogens with one attached hydrogen (secondary N) is 2. The Hall–Kier alpha value is -2.64. The van der Waals surface area contributed by atoms with Crippen LogP contribution in [0.1, 0.15) is 17.3 Å². The predicted octanol–water partition coefficient (Wildman–Crippen LogP) is -0.447. The molecule has 2 rings (SSSR count). The fraction of sp³-hybridized carbons (Fsp3) is 0.200. The zero-order valence-corrected chi connectivity index (χ0v) is 9.68. The van der Waals surface area contributed by atoms with Gasteiger partial charge in [0, 0.05) is 19.3 Å². The molecule has 0 aromatic carbocycles. The first-order chi connectivity index (χ1) is 8.52. The number of nitrogens with zero attached hydrogens (tertiary/aromatic N) is 2. The van der Waals surface area contributed by atoms with Crippen molar-refractivity contribution in [3.05, 3.63) is 28.3 Å². The summed E-state index contributed by atoms with van der Waals surface area (Å²) in [4.78, 5) is 34.0. The molecule has 0 unspecified atom stereocenters. The van der Waals surface area contributed by atoms with Crippen LogP contribution in [0.25, 0.3) is 11.3 Å². The van der Waals surface area contributed by atoms with Gasteiger partial charge in [-0.1, -0.05) is 0 Å². The number of hydrogen-bond donors (Lipinski definition) is 2. The molecule has 0 aromatic heterocycles. The largest absolute Gasteiger partial charge is 0.465 e. The van der Waals surface area contributed by atoms with Crippen molar-refractivity contribution in [3.63, 3.8) is 0 Å². The van der Waals surface area contributed by atoms with Crippen LogP contribution in [0.15, 0.2) is 17.2 Å². The van der Waals surface area contributed by atoms with E-state index in [2.05, 4.69) is 20.4 Å². The van der Waals surface area contributed by atoms with Crippen LogP contribution in [0, 0.1) is 0 Å². The van der Waals surface area contributed by atoms with Crippen LogP contribution < -0.4 is 11.0 Å². The molecule has 0 fully saturated rings. The van der Waals surface area contributed by atoms with Gasteiger partial charge in [0.2, 0.25) is 5.91 Å². The van der Waals surface area contributed by atoms with Gasteiger partial charge in [-0.25, -0.2) is 9.89 Å². The number of carbonyl (C=O) groups excluding carboxylic acids is 2. The number of fused-ring (bicyclic) bond motifs is 1. The molecular weight excluding hydrogens is 240 g/mol. The van der Waals surface area contributed by atoms with Crippen molar-refractivity contribution >= 4 is 11.9 Å². The summed E-state index contributed by atoms with van der Waals surface area (Å²) < 4.78 is 5.81. The van der Waals surface area contributed by atoms with Crippen LogP contribution in [-0.2, 0) is 9.53 Å². The van der Waals surface area contributed by atoms with Crippen LogP contribution in [0.4, 0.5) is 0 Å². The minimum absolute atomic E-state index is 0.0853. The van der Waals surface area contributed by atoms with E-state index in [9.17, 15) is 14.4 Å². The number of pyridine rings is 1. The van der Waals surface area contributed by atoms with Crippen LogP contribution in [-0.4, -0.2) is 33.9 Å². The van der Waals surface area contributed by atoms with Gasteiger partial charge >= 0.3 is 5.97 Å². The first kappa shape index (κ1) is 11.8. The summed E-state index contributed by atoms with van der Waals surface area (Å²) in [6, 6.07) is 0. The molecule has 18 heavy (non-hydrogen) atoms. The summed E-state index contributed by atoms with van der Waals surface area (Å²) in [5.41, 5.74) is 2.45. The van der Waals surface area contributed by atoms with Crippen molar-refractivity contribution in [1.82, 2.24) is 14.9 Å². The minimum atomic E-state index is -0.647. The molecule has 2 aliphatic rings. The number of hydrogen-bond acceptors (Lipinski definition) is 5. The zero-order chi connectivity index (χ0) is 13.3. The Balaban J connectivity index is 2.64. The van der Waals surface area contributed by atoms with Crippen LogP contribution in [0.3, 0.4) is 0 Å². The average molecular weight is 250 g/mol. The molecule has 1 amide bonds. The van der Waals surface area contributed by atoms with E-state index in [1.807, 2.05) is 0 Å². The summed E-state index contributed by atoms with van der Waals surface area (Å²) in [6.07, 6.45) is 2.70. The van der Waals surface area contributed by atoms with Crippen molar-refractivity contribution in [1.29, 1.82) is 0 Å². The Bertz CT molecular complexity index is 642. The lowest BCUT2D eigenvalue weighted by Gasteiger charge is -2.11. The second kappa shape index (κ2) is 4.32. The first-order valence-corrected chi connectivity index (χ1v) is 4.99. The number of aromatic nitrogens is 3. The van der Waals surface area contributed by atoms with E-state index >= 15 is 0 Å². The molecule has 0 bridgehead atoms. The van der Waals surface area contributed by atoms with Gasteiger partial charge in [-0.05, 0) is 0 Å². The molecule has 0 saturated heterocycles. The number of H-pyrrole nitrogens is 1. The normalized spacial score (nSPS) is 10.3. The molecule has 0 atom stereocenters. The standard InChI is InChI=1S/C10H10N4O4/c1-5(15)13-14-3-6-8(11-12-9(6)16)7(4-14)10(17)18-2/h3-4H,1-2H3,(H,12,16)(H,13,15). The maximum absolute atomic E-state index is 11.6. The molecule has 0 aromatic rings. The molecule has 2 N–H and O–H groups in total. The topological polar surface area (TPSA) is 106 Å². The third kappa shape index (κ3) is 1.95. The molecule has 0 radical (unpaired) electrons. The number of amides is 1. The van der Waals surface area contributed by atoms with E-state index in [4.69, 9.17) is 0 Å². The lowest BCUT2D eigenvalue weighted by Crippen LogP contribution is -2.22. The van der Waals surface area contributed by atoms with Crippen molar-refractivity contribution in [2.45, 2.75) is 6.92 Å². The highest BCUT2D eigenvalue weighted by Crippen LogP contribution is 2.19. The lowest BCUT2D eigenvalue weighted by atomic mass is 10.1. The third-order valence-electron chi connectivity index (χ3n) is 2.25. The minimum Gasteiger partial charge on any atom is -0.465 e. The van der Waals surface area contributed by atoms with Crippen LogP contribution >= 0.6 is 0 Å². The van der Waals surface area contributed by atoms with Gasteiger partial charge in [-0.15, -0.1) is 0 Å². The van der Waals surface area contributed by atoms with Crippen LogP contribution in [0.5, 0.6) is 0 Å². The SMILES string of the molecule is COC(=O)c1cn(NC(C)=O)cc2c(=O)[nH]nc1-2. The average Bonchev–Trinajstić information content (AvgIpc) is 2.69. The molecular formula is C10H10N4O4. The highest BCUT2D eigenvalue weighted by Gasteiger charge is 2.21. The van der Waals surface area contributed by atoms with Crippen LogP contribution in [0.2, 0.25) is 0 Å². The molecule has 0 spiro atoms. The number of methoxy groups -OCH3 is 1. The van der Waals surface area contributed by atoms with Gasteiger partial charge in [0.05, 0.1) is 12.7 Å². The summed E-state index contributed by atoms with van der Waals surface area (Å²) >= 11 is 0. The highest BCUT2D eigenvalue weighted by atomic mass is 16.5. The number of aromatic amines is 1. The van der Waals surface area contributed by atoms with Crippen molar-refractivity contribution in [3.8, 4) is 11.3 Å². The number of esters is 1. The van der Waals surface area contributed by atoms with E-state index in [1.54, 1.807) is 0 Å².